The van der Waals surface area contributed by atoms with Crippen molar-refractivity contribution in [2.75, 3.05) is 12.0 Å². The Morgan fingerprint density at radius 3 is 2.26 bits per heavy atom. The maximum atomic E-state index is 13.1. The molecule has 34 heavy (non-hydrogen) atoms. The fourth-order valence-corrected chi connectivity index (χ4v) is 5.31. The lowest BCUT2D eigenvalue weighted by Crippen LogP contribution is -2.50. The highest BCUT2D eigenvalue weighted by Gasteiger charge is 2.51. The summed E-state index contributed by atoms with van der Waals surface area (Å²) in [6.45, 7) is 0.824. The second-order valence-electron chi connectivity index (χ2n) is 8.98. The van der Waals surface area contributed by atoms with E-state index in [-0.39, 0.29) is 29.6 Å². The van der Waals surface area contributed by atoms with E-state index in [4.69, 9.17) is 4.74 Å². The molecule has 4 rings (SSSR count). The second-order valence-corrected chi connectivity index (χ2v) is 9.96. The molecule has 1 N–H and O–H groups in total. The van der Waals surface area contributed by atoms with Gasteiger partial charge in [0.15, 0.2) is 0 Å². The molecule has 1 heterocycles. The van der Waals surface area contributed by atoms with Gasteiger partial charge in [-0.25, -0.2) is 0 Å². The largest absolute Gasteiger partial charge is 0.489 e. The Bertz CT molecular complexity index is 971. The smallest absolute Gasteiger partial charge is 0.243 e. The summed E-state index contributed by atoms with van der Waals surface area (Å²) >= 11 is 1.61. The van der Waals surface area contributed by atoms with Crippen molar-refractivity contribution in [2.24, 2.45) is 11.8 Å². The van der Waals surface area contributed by atoms with Gasteiger partial charge < -0.3 is 10.1 Å². The van der Waals surface area contributed by atoms with Crippen LogP contribution in [-0.2, 0) is 27.5 Å². The monoisotopic (exact) mass is 480 g/mol. The first-order chi connectivity index (χ1) is 16.6. The molecule has 0 radical (unpaired) electrons. The number of benzene rings is 2. The van der Waals surface area contributed by atoms with Gasteiger partial charge in [0.1, 0.15) is 18.4 Å². The Hall–Kier alpha value is -2.80. The number of nitrogens with zero attached hydrogens (tertiary/aromatic N) is 1. The highest BCUT2D eigenvalue weighted by molar-refractivity contribution is 7.98. The van der Waals surface area contributed by atoms with E-state index in [1.54, 1.807) is 11.8 Å². The number of amides is 3. The van der Waals surface area contributed by atoms with Crippen molar-refractivity contribution in [3.8, 4) is 5.75 Å². The van der Waals surface area contributed by atoms with Gasteiger partial charge in [0.25, 0.3) is 0 Å². The Kier molecular flexibility index (Phi) is 8.27. The van der Waals surface area contributed by atoms with Crippen LogP contribution in [0.15, 0.2) is 54.6 Å². The van der Waals surface area contributed by atoms with Gasteiger partial charge in [0, 0.05) is 6.54 Å². The maximum absolute atomic E-state index is 13.1. The van der Waals surface area contributed by atoms with Crippen LogP contribution in [0.3, 0.4) is 0 Å². The quantitative estimate of drug-likeness (QED) is 0.517. The van der Waals surface area contributed by atoms with Gasteiger partial charge in [-0.05, 0) is 54.5 Å². The minimum absolute atomic E-state index is 0.157. The van der Waals surface area contributed by atoms with Crippen LogP contribution in [-0.4, -0.2) is 40.7 Å². The summed E-state index contributed by atoms with van der Waals surface area (Å²) in [5, 5.41) is 2.95. The minimum atomic E-state index is -0.744. The summed E-state index contributed by atoms with van der Waals surface area (Å²) in [4.78, 5) is 40.5. The Labute approximate surface area is 205 Å². The number of hydrogen-bond acceptors (Lipinski definition) is 5. The molecule has 0 spiro atoms. The third-order valence-electron chi connectivity index (χ3n) is 6.72. The fraction of sp³-hybridized carbons (Fsp3) is 0.444. The molecule has 1 aliphatic heterocycles. The zero-order valence-electron chi connectivity index (χ0n) is 19.6. The number of carbonyl (C=O) groups excluding carboxylic acids is 3. The number of hydrogen-bond donors (Lipinski definition) is 1. The molecule has 0 bridgehead atoms. The highest BCUT2D eigenvalue weighted by atomic mass is 32.2. The average Bonchev–Trinajstić information content (AvgIpc) is 3.13. The van der Waals surface area contributed by atoms with Crippen LogP contribution < -0.4 is 10.1 Å². The van der Waals surface area contributed by atoms with Crippen molar-refractivity contribution in [1.29, 1.82) is 0 Å². The molecule has 2 aliphatic rings. The van der Waals surface area contributed by atoms with Crippen molar-refractivity contribution in [1.82, 2.24) is 10.2 Å². The summed E-state index contributed by atoms with van der Waals surface area (Å²) in [5.74, 6) is 0.402. The van der Waals surface area contributed by atoms with Gasteiger partial charge in [-0.3, -0.25) is 19.3 Å². The number of fused-ring (bicyclic) bond motifs is 1. The molecule has 1 saturated carbocycles. The van der Waals surface area contributed by atoms with E-state index < -0.39 is 6.04 Å². The summed E-state index contributed by atoms with van der Waals surface area (Å²) in [7, 11) is 0. The van der Waals surface area contributed by atoms with Crippen LogP contribution in [0.5, 0.6) is 5.75 Å². The van der Waals surface area contributed by atoms with Crippen molar-refractivity contribution >= 4 is 29.5 Å². The average molecular weight is 481 g/mol. The van der Waals surface area contributed by atoms with Crippen LogP contribution in [0.25, 0.3) is 0 Å². The fourth-order valence-electron chi connectivity index (χ4n) is 4.85. The van der Waals surface area contributed by atoms with Crippen LogP contribution in [0.2, 0.25) is 0 Å². The Balaban J connectivity index is 1.35. The molecular weight excluding hydrogens is 448 g/mol. The van der Waals surface area contributed by atoms with E-state index in [1.165, 1.54) is 4.90 Å². The van der Waals surface area contributed by atoms with Crippen molar-refractivity contribution in [3.63, 3.8) is 0 Å². The number of ether oxygens (including phenoxy) is 1. The van der Waals surface area contributed by atoms with Gasteiger partial charge in [-0.2, -0.15) is 11.8 Å². The Morgan fingerprint density at radius 2 is 1.65 bits per heavy atom. The molecule has 0 unspecified atom stereocenters. The molecule has 2 aromatic rings. The SMILES string of the molecule is CSCC[C@H](C(=O)NCc1ccc(OCc2ccccc2)cc1)N1C(=O)[C@H]2CCCC[C@@H]2C1=O. The number of carbonyl (C=O) groups is 3. The van der Waals surface area contributed by atoms with Crippen LogP contribution in [0.4, 0.5) is 0 Å². The van der Waals surface area contributed by atoms with E-state index in [1.807, 2.05) is 60.9 Å². The lowest BCUT2D eigenvalue weighted by atomic mass is 9.81. The molecule has 3 amide bonds. The molecule has 1 saturated heterocycles. The predicted molar refractivity (Wildman–Crippen MR) is 133 cm³/mol. The van der Waals surface area contributed by atoms with Crippen molar-refractivity contribution in [2.45, 2.75) is 51.3 Å². The van der Waals surface area contributed by atoms with Gasteiger partial charge >= 0.3 is 0 Å². The lowest BCUT2D eigenvalue weighted by molar-refractivity contribution is -0.148. The van der Waals surface area contributed by atoms with E-state index in [2.05, 4.69) is 5.32 Å². The zero-order valence-corrected chi connectivity index (χ0v) is 20.4. The van der Waals surface area contributed by atoms with E-state index in [0.717, 1.165) is 42.6 Å². The predicted octanol–water partition coefficient (Wildman–Crippen LogP) is 4.18. The summed E-state index contributed by atoms with van der Waals surface area (Å²) in [6.07, 6.45) is 5.88. The Morgan fingerprint density at radius 1 is 1.00 bits per heavy atom. The number of likely N-dealkylation sites (tertiary alicyclic amines) is 1. The van der Waals surface area contributed by atoms with Gasteiger partial charge in [-0.1, -0.05) is 55.3 Å². The number of imide groups is 1. The van der Waals surface area contributed by atoms with Crippen molar-refractivity contribution < 1.29 is 19.1 Å². The molecule has 0 aromatic heterocycles. The van der Waals surface area contributed by atoms with Gasteiger partial charge in [0.2, 0.25) is 17.7 Å². The summed E-state index contributed by atoms with van der Waals surface area (Å²) in [5.41, 5.74) is 2.03. The zero-order chi connectivity index (χ0) is 23.9. The molecular formula is C27H32N2O4S. The van der Waals surface area contributed by atoms with E-state index in [0.29, 0.717) is 25.3 Å². The minimum Gasteiger partial charge on any atom is -0.489 e. The van der Waals surface area contributed by atoms with Gasteiger partial charge in [0.05, 0.1) is 11.8 Å². The first-order valence-corrected chi connectivity index (χ1v) is 13.4. The molecule has 3 atom stereocenters. The van der Waals surface area contributed by atoms with E-state index >= 15 is 0 Å². The number of nitrogens with one attached hydrogen (secondary N) is 1. The highest BCUT2D eigenvalue weighted by Crippen LogP contribution is 2.39. The normalized spacial score (nSPS) is 20.7. The first kappa shape index (κ1) is 24.3. The summed E-state index contributed by atoms with van der Waals surface area (Å²) < 4.78 is 5.82. The van der Waals surface area contributed by atoms with Crippen LogP contribution >= 0.6 is 11.8 Å². The van der Waals surface area contributed by atoms with Crippen LogP contribution in [0, 0.1) is 11.8 Å². The first-order valence-electron chi connectivity index (χ1n) is 12.0. The standard InChI is InChI=1S/C27H32N2O4S/c1-34-16-15-24(29-26(31)22-9-5-6-10-23(22)27(29)32)25(30)28-17-19-11-13-21(14-12-19)33-18-20-7-3-2-4-8-20/h2-4,7-8,11-14,22-24H,5-6,9-10,15-18H2,1H3,(H,28,30)/t22-,23-,24+/m0/s1. The summed E-state index contributed by atoms with van der Waals surface area (Å²) in [6, 6.07) is 16.8. The molecule has 2 aromatic carbocycles. The van der Waals surface area contributed by atoms with Crippen molar-refractivity contribution in [3.05, 3.63) is 65.7 Å². The number of rotatable bonds is 10. The van der Waals surface area contributed by atoms with Crippen LogP contribution in [0.1, 0.15) is 43.2 Å². The molecule has 2 fully saturated rings. The molecule has 6 nitrogen and oxygen atoms in total. The van der Waals surface area contributed by atoms with Gasteiger partial charge in [-0.15, -0.1) is 0 Å². The lowest BCUT2D eigenvalue weighted by Gasteiger charge is -2.26. The molecule has 7 heteroatoms. The third kappa shape index (κ3) is 5.63. The van der Waals surface area contributed by atoms with E-state index in [9.17, 15) is 14.4 Å². The molecule has 180 valence electrons. The second kappa shape index (κ2) is 11.6. The number of thioether (sulfide) groups is 1. The topological polar surface area (TPSA) is 75.7 Å². The maximum Gasteiger partial charge on any atom is 0.243 e. The molecule has 1 aliphatic carbocycles. The third-order valence-corrected chi connectivity index (χ3v) is 7.37.